The van der Waals surface area contributed by atoms with Gasteiger partial charge in [0.25, 0.3) is 0 Å². The van der Waals surface area contributed by atoms with E-state index in [1.807, 2.05) is 0 Å². The van der Waals surface area contributed by atoms with E-state index in [4.69, 9.17) is 24.3 Å². The molecule has 0 radical (unpaired) electrons. The lowest BCUT2D eigenvalue weighted by Crippen LogP contribution is -2.29. The maximum Gasteiger partial charge on any atom is 0.472 e. The summed E-state index contributed by atoms with van der Waals surface area (Å²) in [5, 5.41) is 0. The number of ether oxygens (including phenoxy) is 2. The summed E-state index contributed by atoms with van der Waals surface area (Å²) in [6.45, 7) is 3.57. The second-order valence-electron chi connectivity index (χ2n) is 26.5. The zero-order valence-corrected chi connectivity index (χ0v) is 62.8. The summed E-state index contributed by atoms with van der Waals surface area (Å²) in [4.78, 5) is 35.5. The highest BCUT2D eigenvalue weighted by Crippen LogP contribution is 2.43. The fourth-order valence-corrected chi connectivity index (χ4v) is 12.3. The number of phosphoric ester groups is 1. The largest absolute Gasteiger partial charge is 0.472 e. The van der Waals surface area contributed by atoms with Crippen LogP contribution in [0.2, 0.25) is 0 Å². The molecule has 0 fully saturated rings. The van der Waals surface area contributed by atoms with Gasteiger partial charge < -0.3 is 20.1 Å². The van der Waals surface area contributed by atoms with E-state index in [2.05, 4.69) is 135 Å². The average molecular weight is 1350 g/mol. The minimum Gasteiger partial charge on any atom is -0.462 e. The standard InChI is InChI=1S/C85H150NO8P/c1-3-5-7-9-11-13-15-17-19-21-23-25-27-29-31-33-35-37-39-41-43-45-47-49-51-53-55-57-59-61-63-65-67-69-71-73-75-77-84(87)91-81-83(82-93-95(89,90)92-80-79-86)94-85(88)78-76-74-72-70-68-66-64-62-60-58-56-54-52-50-48-46-44-42-40-38-36-34-32-30-28-26-24-22-20-18-16-14-12-10-8-6-4-2/h5-8,11-14,17-20,23-26,30,32,36,38,83H,3-4,9-10,15-16,21-22,27-29,31,33-35,37,39-82,86H2,1-2H3,(H,89,90)/b7-5-,8-6-,13-11-,14-12-,19-17-,20-18-,25-23-,26-24-,32-30-,38-36-. The molecule has 2 unspecified atom stereocenters. The van der Waals surface area contributed by atoms with E-state index in [1.165, 1.54) is 238 Å². The van der Waals surface area contributed by atoms with Gasteiger partial charge in [-0.1, -0.05) is 379 Å². The van der Waals surface area contributed by atoms with E-state index in [0.29, 0.717) is 6.42 Å². The van der Waals surface area contributed by atoms with Crippen molar-refractivity contribution in [3.63, 3.8) is 0 Å². The second kappa shape index (κ2) is 79.4. The molecular weight excluding hydrogens is 1190 g/mol. The van der Waals surface area contributed by atoms with Gasteiger partial charge in [-0.3, -0.25) is 18.6 Å². The van der Waals surface area contributed by atoms with E-state index in [0.717, 1.165) is 103 Å². The molecule has 0 aliphatic carbocycles. The molecule has 0 saturated carbocycles. The number of hydrogen-bond donors (Lipinski definition) is 2. The van der Waals surface area contributed by atoms with Gasteiger partial charge in [0.15, 0.2) is 6.10 Å². The first-order valence-corrected chi connectivity index (χ1v) is 41.5. The maximum atomic E-state index is 12.8. The molecule has 2 atom stereocenters. The van der Waals surface area contributed by atoms with Gasteiger partial charge in [0.2, 0.25) is 0 Å². The number of unbranched alkanes of at least 4 members (excludes halogenated alkanes) is 42. The monoisotopic (exact) mass is 1340 g/mol. The Labute approximate surface area is 587 Å². The molecule has 0 heterocycles. The number of hydrogen-bond acceptors (Lipinski definition) is 8. The molecule has 0 aliphatic heterocycles. The van der Waals surface area contributed by atoms with Crippen molar-refractivity contribution in [2.24, 2.45) is 5.73 Å². The maximum absolute atomic E-state index is 12.8. The van der Waals surface area contributed by atoms with Crippen LogP contribution < -0.4 is 5.73 Å². The minimum atomic E-state index is -4.40. The van der Waals surface area contributed by atoms with Gasteiger partial charge in [-0.2, -0.15) is 0 Å². The zero-order chi connectivity index (χ0) is 68.6. The highest BCUT2D eigenvalue weighted by atomic mass is 31.2. The van der Waals surface area contributed by atoms with Crippen molar-refractivity contribution in [3.05, 3.63) is 122 Å². The Bertz CT molecular complexity index is 1980. The summed E-state index contributed by atoms with van der Waals surface area (Å²) in [5.74, 6) is -0.812. The van der Waals surface area contributed by atoms with Gasteiger partial charge in [-0.15, -0.1) is 0 Å². The smallest absolute Gasteiger partial charge is 0.462 e. The minimum absolute atomic E-state index is 0.0523. The SMILES string of the molecule is CC/C=C\C/C=C\C/C=C\C/C=C\C/C=C\C/C=C\CCCCCCCCCCCCCCCCCCCCC(=O)OC(COC(=O)CCCCCCCCCCCCCCCCCCCCCCCCCC/C=C\C/C=C\C/C=C\C/C=C\CC)COP(=O)(O)OCCN. The Hall–Kier alpha value is -3.59. The summed E-state index contributed by atoms with van der Waals surface area (Å²) < 4.78 is 33.3. The van der Waals surface area contributed by atoms with E-state index in [1.54, 1.807) is 0 Å². The average Bonchev–Trinajstić information content (AvgIpc) is 2.64. The van der Waals surface area contributed by atoms with Crippen molar-refractivity contribution in [1.82, 2.24) is 0 Å². The third-order valence-electron chi connectivity index (χ3n) is 17.3. The topological polar surface area (TPSA) is 134 Å². The number of nitrogens with two attached hydrogens (primary N) is 1. The molecule has 0 amide bonds. The lowest BCUT2D eigenvalue weighted by atomic mass is 10.0. The van der Waals surface area contributed by atoms with Gasteiger partial charge in [-0.25, -0.2) is 4.57 Å². The lowest BCUT2D eigenvalue weighted by molar-refractivity contribution is -0.161. The molecule has 95 heavy (non-hydrogen) atoms. The summed E-state index contributed by atoms with van der Waals surface area (Å²) in [6, 6.07) is 0. The van der Waals surface area contributed by atoms with Crippen LogP contribution in [0.25, 0.3) is 0 Å². The van der Waals surface area contributed by atoms with Crippen molar-refractivity contribution in [3.8, 4) is 0 Å². The van der Waals surface area contributed by atoms with Crippen molar-refractivity contribution in [2.75, 3.05) is 26.4 Å². The molecule has 0 spiro atoms. The predicted molar refractivity (Wildman–Crippen MR) is 413 cm³/mol. The van der Waals surface area contributed by atoms with Crippen LogP contribution in [0.4, 0.5) is 0 Å². The first-order valence-electron chi connectivity index (χ1n) is 40.0. The van der Waals surface area contributed by atoms with E-state index < -0.39 is 26.5 Å². The summed E-state index contributed by atoms with van der Waals surface area (Å²) in [6.07, 6.45) is 112. The highest BCUT2D eigenvalue weighted by Gasteiger charge is 2.26. The second-order valence-corrected chi connectivity index (χ2v) is 28.0. The summed E-state index contributed by atoms with van der Waals surface area (Å²) in [5.41, 5.74) is 5.42. The van der Waals surface area contributed by atoms with Crippen molar-refractivity contribution < 1.29 is 37.6 Å². The third-order valence-corrected chi connectivity index (χ3v) is 18.3. The number of esters is 2. The fraction of sp³-hybridized carbons (Fsp3) is 0.741. The van der Waals surface area contributed by atoms with E-state index >= 15 is 0 Å². The molecule has 0 saturated heterocycles. The molecule has 0 aromatic heterocycles. The van der Waals surface area contributed by atoms with Gasteiger partial charge in [0.05, 0.1) is 13.2 Å². The van der Waals surface area contributed by atoms with Crippen LogP contribution in [0, 0.1) is 0 Å². The molecule has 0 bridgehead atoms. The molecule has 0 aromatic rings. The van der Waals surface area contributed by atoms with Crippen molar-refractivity contribution >= 4 is 19.8 Å². The van der Waals surface area contributed by atoms with Gasteiger partial charge in [0.1, 0.15) is 6.61 Å². The van der Waals surface area contributed by atoms with Crippen LogP contribution in [0.15, 0.2) is 122 Å². The normalized spacial score (nSPS) is 13.5. The van der Waals surface area contributed by atoms with E-state index in [9.17, 15) is 19.0 Å². The first kappa shape index (κ1) is 91.4. The first-order chi connectivity index (χ1) is 46.8. The molecule has 10 heteroatoms. The van der Waals surface area contributed by atoms with Crippen LogP contribution in [-0.2, 0) is 32.7 Å². The quantitative estimate of drug-likeness (QED) is 0.0264. The molecule has 0 aliphatic rings. The number of carbonyl (C=O) groups excluding carboxylic acids is 2. The van der Waals surface area contributed by atoms with Crippen LogP contribution in [0.3, 0.4) is 0 Å². The Morgan fingerprint density at radius 1 is 0.316 bits per heavy atom. The van der Waals surface area contributed by atoms with Gasteiger partial charge >= 0.3 is 19.8 Å². The van der Waals surface area contributed by atoms with Crippen LogP contribution in [0.1, 0.15) is 373 Å². The third kappa shape index (κ3) is 79.3. The summed E-state index contributed by atoms with van der Waals surface area (Å²) in [7, 11) is -4.40. The predicted octanol–water partition coefficient (Wildman–Crippen LogP) is 27.0. The van der Waals surface area contributed by atoms with Crippen LogP contribution in [0.5, 0.6) is 0 Å². The molecule has 3 N–H and O–H groups in total. The number of carbonyl (C=O) groups is 2. The zero-order valence-electron chi connectivity index (χ0n) is 61.9. The van der Waals surface area contributed by atoms with Gasteiger partial charge in [0, 0.05) is 19.4 Å². The Kier molecular flexibility index (Phi) is 76.4. The van der Waals surface area contributed by atoms with Crippen LogP contribution >= 0.6 is 7.82 Å². The fourth-order valence-electron chi connectivity index (χ4n) is 11.5. The molecule has 0 rings (SSSR count). The molecule has 0 aromatic carbocycles. The highest BCUT2D eigenvalue weighted by molar-refractivity contribution is 7.47. The lowest BCUT2D eigenvalue weighted by Gasteiger charge is -2.19. The van der Waals surface area contributed by atoms with E-state index in [-0.39, 0.29) is 38.6 Å². The van der Waals surface area contributed by atoms with Crippen LogP contribution in [-0.4, -0.2) is 49.3 Å². The number of allylic oxidation sites excluding steroid dienone is 20. The molecule has 9 nitrogen and oxygen atoms in total. The Balaban J connectivity index is 3.79. The van der Waals surface area contributed by atoms with Crippen molar-refractivity contribution in [1.29, 1.82) is 0 Å². The number of rotatable bonds is 75. The summed E-state index contributed by atoms with van der Waals surface area (Å²) >= 11 is 0. The molecular formula is C85H150NO8P. The van der Waals surface area contributed by atoms with Crippen molar-refractivity contribution in [2.45, 2.75) is 380 Å². The Morgan fingerprint density at radius 3 is 0.811 bits per heavy atom. The number of phosphoric acid groups is 1. The Morgan fingerprint density at radius 2 is 0.547 bits per heavy atom. The van der Waals surface area contributed by atoms with Gasteiger partial charge in [-0.05, 0) is 103 Å². The molecule has 548 valence electrons.